The predicted molar refractivity (Wildman–Crippen MR) is 136 cm³/mol. The van der Waals surface area contributed by atoms with E-state index < -0.39 is 50.3 Å². The average molecular weight is 602 g/mol. The third-order valence-electron chi connectivity index (χ3n) is 4.95. The first-order valence-corrected chi connectivity index (χ1v) is 15.6. The maximum absolute atomic E-state index is 12.7. The van der Waals surface area contributed by atoms with Crippen LogP contribution in [-0.2, 0) is 18.7 Å². The van der Waals surface area contributed by atoms with Gasteiger partial charge in [-0.1, -0.05) is 0 Å². The Labute approximate surface area is 221 Å². The Morgan fingerprint density at radius 1 is 0.944 bits per heavy atom. The summed E-state index contributed by atoms with van der Waals surface area (Å²) in [5, 5.41) is 11.3. The summed E-state index contributed by atoms with van der Waals surface area (Å²) in [4.78, 5) is 63.7. The second-order valence-corrected chi connectivity index (χ2v) is 13.9. The Kier molecular flexibility index (Phi) is 15.6. The van der Waals surface area contributed by atoms with Crippen molar-refractivity contribution in [2.24, 2.45) is 0 Å². The number of unbranched alkanes of at least 4 members (excludes halogenated alkanes) is 1. The first-order valence-electron chi connectivity index (χ1n) is 11.3. The van der Waals surface area contributed by atoms with Gasteiger partial charge in [-0.25, -0.2) is 4.79 Å². The van der Waals surface area contributed by atoms with Crippen LogP contribution in [-0.4, -0.2) is 96.2 Å². The monoisotopic (exact) mass is 601 g/mol. The summed E-state index contributed by atoms with van der Waals surface area (Å²) in [5.41, 5.74) is -0.801. The summed E-state index contributed by atoms with van der Waals surface area (Å²) >= 11 is 11.6. The van der Waals surface area contributed by atoms with Gasteiger partial charge in [0.25, 0.3) is 5.08 Å². The maximum Gasteiger partial charge on any atom is 0.408 e. The van der Waals surface area contributed by atoms with Gasteiger partial charge in [0.15, 0.2) is 0 Å². The largest absolute Gasteiger partial charge is 0.444 e. The van der Waals surface area contributed by atoms with E-state index in [0.717, 1.165) is 0 Å². The van der Waals surface area contributed by atoms with Gasteiger partial charge in [-0.2, -0.15) is 0 Å². The number of ether oxygens (including phenoxy) is 1. The molecule has 0 aliphatic heterocycles. The van der Waals surface area contributed by atoms with E-state index in [1.165, 1.54) is 0 Å². The number of nitrogens with zero attached hydrogens (tertiary/aromatic N) is 1. The van der Waals surface area contributed by atoms with E-state index in [2.05, 4.69) is 15.5 Å². The lowest BCUT2D eigenvalue weighted by molar-refractivity contribution is -0.123. The molecular formula is C19H39Cl2N3O10P2. The standard InChI is InChI=1S/C19H39Cl2N3O10P2/c1-18(2,3)34-17(26)23-15(7-4-5-12-24(13-9-20)14-10-21)16(25)22-11-6-8-19(27,35(28,29)30)36(31,32)33/h15,27H,4-14H2,1-3H3,(H,22,25)(H,23,26)(H2,28,29,30)(H2,31,32,33). The molecule has 7 N–H and O–H groups in total. The zero-order chi connectivity index (χ0) is 28.2. The Balaban J connectivity index is 5.08. The molecule has 1 atom stereocenters. The van der Waals surface area contributed by atoms with Crippen molar-refractivity contribution in [3.63, 3.8) is 0 Å². The SMILES string of the molecule is CC(C)(C)OC(=O)NC(CCCCN(CCCl)CCCl)C(=O)NCCCC(O)(P(=O)(O)O)P(=O)(O)O. The molecule has 214 valence electrons. The van der Waals surface area contributed by atoms with E-state index in [1.807, 2.05) is 0 Å². The highest BCUT2D eigenvalue weighted by Crippen LogP contribution is 2.69. The number of alkyl halides is 2. The lowest BCUT2D eigenvalue weighted by atomic mass is 10.1. The fraction of sp³-hybridized carbons (Fsp3) is 0.895. The number of carbonyl (C=O) groups excluding carboxylic acids is 2. The molecule has 17 heteroatoms. The maximum atomic E-state index is 12.7. The molecule has 36 heavy (non-hydrogen) atoms. The molecule has 0 aromatic carbocycles. The predicted octanol–water partition coefficient (Wildman–Crippen LogP) is 1.73. The number of nitrogens with one attached hydrogen (secondary N) is 2. The third-order valence-corrected chi connectivity index (χ3v) is 9.16. The van der Waals surface area contributed by atoms with Crippen LogP contribution < -0.4 is 10.6 Å². The summed E-state index contributed by atoms with van der Waals surface area (Å²) < 4.78 is 28.1. The summed E-state index contributed by atoms with van der Waals surface area (Å²) in [5.74, 6) is 0.262. The minimum Gasteiger partial charge on any atom is -0.444 e. The minimum atomic E-state index is -5.58. The molecule has 0 heterocycles. The van der Waals surface area contributed by atoms with Gasteiger partial charge in [-0.3, -0.25) is 13.9 Å². The fourth-order valence-electron chi connectivity index (χ4n) is 3.10. The lowest BCUT2D eigenvalue weighted by Gasteiger charge is -2.29. The smallest absolute Gasteiger partial charge is 0.408 e. The number of hydrogen-bond acceptors (Lipinski definition) is 7. The molecule has 0 aliphatic rings. The van der Waals surface area contributed by atoms with Crippen molar-refractivity contribution >= 4 is 50.4 Å². The fourth-order valence-corrected chi connectivity index (χ4v) is 5.83. The second kappa shape index (κ2) is 15.8. The van der Waals surface area contributed by atoms with E-state index in [4.69, 9.17) is 27.9 Å². The van der Waals surface area contributed by atoms with Crippen LogP contribution in [0.5, 0.6) is 0 Å². The zero-order valence-corrected chi connectivity index (χ0v) is 24.0. The zero-order valence-electron chi connectivity index (χ0n) is 20.7. The molecule has 0 aliphatic carbocycles. The van der Waals surface area contributed by atoms with Crippen LogP contribution in [0.2, 0.25) is 0 Å². The molecule has 0 saturated heterocycles. The van der Waals surface area contributed by atoms with Gasteiger partial charge in [0, 0.05) is 37.8 Å². The highest BCUT2D eigenvalue weighted by molar-refractivity contribution is 7.72. The average Bonchev–Trinajstić information content (AvgIpc) is 2.70. The van der Waals surface area contributed by atoms with Crippen molar-refractivity contribution in [2.75, 3.05) is 37.9 Å². The van der Waals surface area contributed by atoms with Crippen LogP contribution >= 0.6 is 38.4 Å². The Bertz CT molecular complexity index is 760. The summed E-state index contributed by atoms with van der Waals surface area (Å²) in [7, 11) is -11.2. The molecule has 0 rings (SSSR count). The van der Waals surface area contributed by atoms with Crippen molar-refractivity contribution < 1.29 is 48.1 Å². The van der Waals surface area contributed by atoms with E-state index in [9.17, 15) is 43.4 Å². The van der Waals surface area contributed by atoms with Crippen LogP contribution in [0.15, 0.2) is 0 Å². The van der Waals surface area contributed by atoms with E-state index >= 15 is 0 Å². The van der Waals surface area contributed by atoms with Crippen molar-refractivity contribution in [3.05, 3.63) is 0 Å². The third kappa shape index (κ3) is 13.4. The van der Waals surface area contributed by atoms with Gasteiger partial charge in [0.1, 0.15) is 11.6 Å². The van der Waals surface area contributed by atoms with E-state index in [-0.39, 0.29) is 19.4 Å². The first-order chi connectivity index (χ1) is 16.4. The van der Waals surface area contributed by atoms with Crippen molar-refractivity contribution in [2.45, 2.75) is 69.6 Å². The topological polar surface area (TPSA) is 206 Å². The molecule has 1 unspecified atom stereocenters. The van der Waals surface area contributed by atoms with Gasteiger partial charge in [0.2, 0.25) is 5.91 Å². The molecule has 0 fully saturated rings. The molecular weight excluding hydrogens is 563 g/mol. The van der Waals surface area contributed by atoms with Crippen molar-refractivity contribution in [1.82, 2.24) is 15.5 Å². The Morgan fingerprint density at radius 3 is 1.92 bits per heavy atom. The van der Waals surface area contributed by atoms with Crippen molar-refractivity contribution in [1.29, 1.82) is 0 Å². The lowest BCUT2D eigenvalue weighted by Crippen LogP contribution is -2.48. The van der Waals surface area contributed by atoms with Gasteiger partial charge >= 0.3 is 21.3 Å². The molecule has 0 aromatic heterocycles. The van der Waals surface area contributed by atoms with Gasteiger partial charge < -0.3 is 45.0 Å². The van der Waals surface area contributed by atoms with Gasteiger partial charge in [-0.05, 0) is 53.0 Å². The van der Waals surface area contributed by atoms with Gasteiger partial charge in [0.05, 0.1) is 0 Å². The number of amides is 2. The highest BCUT2D eigenvalue weighted by Gasteiger charge is 2.58. The first kappa shape index (κ1) is 35.5. The minimum absolute atomic E-state index is 0.246. The summed E-state index contributed by atoms with van der Waals surface area (Å²) in [6.45, 7) is 6.71. The summed E-state index contributed by atoms with van der Waals surface area (Å²) in [6.07, 6.45) is -0.663. The van der Waals surface area contributed by atoms with Gasteiger partial charge in [-0.15, -0.1) is 23.2 Å². The normalized spacial score (nSPS) is 14.0. The van der Waals surface area contributed by atoms with Crippen LogP contribution in [0, 0.1) is 0 Å². The number of rotatable bonds is 17. The number of hydrogen-bond donors (Lipinski definition) is 7. The van der Waals surface area contributed by atoms with Crippen LogP contribution in [0.1, 0.15) is 52.9 Å². The quantitative estimate of drug-likeness (QED) is 0.0725. The molecule has 0 aromatic rings. The van der Waals surface area contributed by atoms with Crippen LogP contribution in [0.4, 0.5) is 4.79 Å². The molecule has 0 spiro atoms. The Hall–Kier alpha value is -0.460. The van der Waals surface area contributed by atoms with E-state index in [1.54, 1.807) is 20.8 Å². The van der Waals surface area contributed by atoms with Crippen LogP contribution in [0.25, 0.3) is 0 Å². The number of alkyl carbamates (subject to hydrolysis) is 1. The molecule has 13 nitrogen and oxygen atoms in total. The van der Waals surface area contributed by atoms with E-state index in [0.29, 0.717) is 44.2 Å². The second-order valence-electron chi connectivity index (χ2n) is 9.17. The Morgan fingerprint density at radius 2 is 1.47 bits per heavy atom. The van der Waals surface area contributed by atoms with Crippen molar-refractivity contribution in [3.8, 4) is 0 Å². The summed E-state index contributed by atoms with van der Waals surface area (Å²) in [6, 6.07) is -1.00. The van der Waals surface area contributed by atoms with Crippen LogP contribution in [0.3, 0.4) is 0 Å². The number of halogens is 2. The highest BCUT2D eigenvalue weighted by atomic mass is 35.5. The molecule has 2 amide bonds. The number of carbonyl (C=O) groups is 2. The molecule has 0 radical (unpaired) electrons. The number of aliphatic hydroxyl groups is 1. The molecule has 0 saturated carbocycles. The molecule has 0 bridgehead atoms.